The summed E-state index contributed by atoms with van der Waals surface area (Å²) < 4.78 is 6.29. The fraction of sp³-hybridized carbons (Fsp3) is 0.333. The third kappa shape index (κ3) is 4.91. The van der Waals surface area contributed by atoms with Crippen LogP contribution in [0, 0.1) is 6.92 Å². The molecule has 0 aliphatic carbocycles. The molecule has 0 aliphatic heterocycles. The van der Waals surface area contributed by atoms with E-state index in [4.69, 9.17) is 0 Å². The van der Waals surface area contributed by atoms with Gasteiger partial charge in [0.25, 0.3) is 5.56 Å². The fourth-order valence-corrected chi connectivity index (χ4v) is 3.79. The maximum atomic E-state index is 12.9. The van der Waals surface area contributed by atoms with Gasteiger partial charge in [-0.15, -0.1) is 0 Å². The number of anilines is 1. The standard InChI is InChI=1S/C21H24N4O4S/c1-4-5-10-25-19(27)18-16(11-13(2)22-18)24-21(25)30-12-17(26)23-15-8-6-14(7-9-15)20(28)29-3/h6-9,11,22H,4-5,10,12H2,1-3H3,(H,23,26). The molecule has 0 fully saturated rings. The molecular weight excluding hydrogens is 404 g/mol. The largest absolute Gasteiger partial charge is 0.465 e. The van der Waals surface area contributed by atoms with E-state index < -0.39 is 5.97 Å². The van der Waals surface area contributed by atoms with Gasteiger partial charge in [-0.3, -0.25) is 14.2 Å². The topological polar surface area (TPSA) is 106 Å². The van der Waals surface area contributed by atoms with Crippen LogP contribution < -0.4 is 10.9 Å². The second kappa shape index (κ2) is 9.62. The number of rotatable bonds is 8. The predicted molar refractivity (Wildman–Crippen MR) is 117 cm³/mol. The highest BCUT2D eigenvalue weighted by molar-refractivity contribution is 7.99. The van der Waals surface area contributed by atoms with Gasteiger partial charge in [0.05, 0.1) is 23.9 Å². The van der Waals surface area contributed by atoms with Crippen molar-refractivity contribution in [1.29, 1.82) is 0 Å². The second-order valence-electron chi connectivity index (χ2n) is 6.82. The molecule has 0 aliphatic rings. The Hall–Kier alpha value is -3.07. The highest BCUT2D eigenvalue weighted by Gasteiger charge is 2.15. The van der Waals surface area contributed by atoms with Gasteiger partial charge >= 0.3 is 5.97 Å². The molecule has 8 nitrogen and oxygen atoms in total. The lowest BCUT2D eigenvalue weighted by molar-refractivity contribution is -0.113. The number of aromatic amines is 1. The van der Waals surface area contributed by atoms with Gasteiger partial charge in [0.15, 0.2) is 5.16 Å². The number of methoxy groups -OCH3 is 1. The molecule has 0 saturated heterocycles. The molecule has 2 N–H and O–H groups in total. The van der Waals surface area contributed by atoms with Gasteiger partial charge in [-0.05, 0) is 43.7 Å². The molecular formula is C21H24N4O4S. The van der Waals surface area contributed by atoms with Crippen molar-refractivity contribution >= 4 is 40.4 Å². The second-order valence-corrected chi connectivity index (χ2v) is 7.77. The molecule has 0 unspecified atom stereocenters. The van der Waals surface area contributed by atoms with E-state index in [0.29, 0.717) is 34.0 Å². The number of fused-ring (bicyclic) bond motifs is 1. The zero-order chi connectivity index (χ0) is 21.7. The number of aryl methyl sites for hydroxylation is 1. The Morgan fingerprint density at radius 1 is 1.27 bits per heavy atom. The van der Waals surface area contributed by atoms with Crippen LogP contribution in [0.2, 0.25) is 0 Å². The lowest BCUT2D eigenvalue weighted by atomic mass is 10.2. The van der Waals surface area contributed by atoms with Crippen LogP contribution in [-0.4, -0.2) is 39.3 Å². The van der Waals surface area contributed by atoms with Crippen LogP contribution in [-0.2, 0) is 16.1 Å². The first-order valence-corrected chi connectivity index (χ1v) is 10.6. The Morgan fingerprint density at radius 2 is 2.00 bits per heavy atom. The van der Waals surface area contributed by atoms with E-state index in [1.165, 1.54) is 18.9 Å². The number of H-pyrrole nitrogens is 1. The van der Waals surface area contributed by atoms with E-state index >= 15 is 0 Å². The molecule has 158 valence electrons. The summed E-state index contributed by atoms with van der Waals surface area (Å²) in [5.74, 6) is -0.561. The summed E-state index contributed by atoms with van der Waals surface area (Å²) in [6.07, 6.45) is 1.79. The van der Waals surface area contributed by atoms with E-state index in [1.807, 2.05) is 13.0 Å². The Morgan fingerprint density at radius 3 is 2.67 bits per heavy atom. The molecule has 1 amide bonds. The minimum atomic E-state index is -0.435. The summed E-state index contributed by atoms with van der Waals surface area (Å²) in [7, 11) is 1.31. The van der Waals surface area contributed by atoms with Gasteiger partial charge in [0.1, 0.15) is 5.52 Å². The summed E-state index contributed by atoms with van der Waals surface area (Å²) in [5, 5.41) is 3.31. The zero-order valence-electron chi connectivity index (χ0n) is 17.2. The molecule has 3 rings (SSSR count). The molecule has 0 atom stereocenters. The minimum Gasteiger partial charge on any atom is -0.465 e. The van der Waals surface area contributed by atoms with E-state index in [0.717, 1.165) is 18.5 Å². The molecule has 2 heterocycles. The lowest BCUT2D eigenvalue weighted by Crippen LogP contribution is -2.24. The highest BCUT2D eigenvalue weighted by atomic mass is 32.2. The third-order valence-corrected chi connectivity index (χ3v) is 5.47. The van der Waals surface area contributed by atoms with Crippen LogP contribution in [0.1, 0.15) is 35.8 Å². The number of carbonyl (C=O) groups is 2. The Kier molecular flexibility index (Phi) is 6.94. The van der Waals surface area contributed by atoms with Gasteiger partial charge < -0.3 is 15.0 Å². The number of benzene rings is 1. The number of thioether (sulfide) groups is 1. The molecule has 3 aromatic rings. The van der Waals surface area contributed by atoms with Crippen LogP contribution in [0.15, 0.2) is 40.3 Å². The van der Waals surface area contributed by atoms with E-state index in [9.17, 15) is 14.4 Å². The van der Waals surface area contributed by atoms with E-state index in [1.54, 1.807) is 28.8 Å². The molecule has 30 heavy (non-hydrogen) atoms. The van der Waals surface area contributed by atoms with Gasteiger partial charge in [0.2, 0.25) is 5.91 Å². The summed E-state index contributed by atoms with van der Waals surface area (Å²) in [6.45, 7) is 4.49. The van der Waals surface area contributed by atoms with Gasteiger partial charge in [-0.25, -0.2) is 9.78 Å². The van der Waals surface area contributed by atoms with Crippen molar-refractivity contribution in [2.75, 3.05) is 18.2 Å². The molecule has 2 aromatic heterocycles. The van der Waals surface area contributed by atoms with E-state index in [2.05, 4.69) is 26.9 Å². The van der Waals surface area contributed by atoms with Crippen LogP contribution in [0.25, 0.3) is 11.0 Å². The molecule has 0 bridgehead atoms. The first-order chi connectivity index (χ1) is 14.4. The summed E-state index contributed by atoms with van der Waals surface area (Å²) in [6, 6.07) is 8.27. The van der Waals surface area contributed by atoms with Crippen molar-refractivity contribution in [3.8, 4) is 0 Å². The highest BCUT2D eigenvalue weighted by Crippen LogP contribution is 2.19. The van der Waals surface area contributed by atoms with Crippen molar-refractivity contribution in [1.82, 2.24) is 14.5 Å². The van der Waals surface area contributed by atoms with Gasteiger partial charge in [0, 0.05) is 17.9 Å². The van der Waals surface area contributed by atoms with Crippen molar-refractivity contribution < 1.29 is 14.3 Å². The first-order valence-electron chi connectivity index (χ1n) is 9.64. The monoisotopic (exact) mass is 428 g/mol. The average Bonchev–Trinajstić information content (AvgIpc) is 3.12. The lowest BCUT2D eigenvalue weighted by Gasteiger charge is -2.11. The number of hydrogen-bond acceptors (Lipinski definition) is 6. The maximum Gasteiger partial charge on any atom is 0.337 e. The number of amides is 1. The first kappa shape index (κ1) is 21.6. The SMILES string of the molecule is CCCCn1c(SCC(=O)Nc2ccc(C(=O)OC)cc2)nc2cc(C)[nH]c2c1=O. The van der Waals surface area contributed by atoms with Crippen LogP contribution in [0.5, 0.6) is 0 Å². The number of unbranched alkanes of at least 4 members (excludes halogenated alkanes) is 1. The molecule has 0 saturated carbocycles. The number of nitrogens with zero attached hydrogens (tertiary/aromatic N) is 2. The van der Waals surface area contributed by atoms with Crippen molar-refractivity contribution in [2.45, 2.75) is 38.4 Å². The van der Waals surface area contributed by atoms with Crippen LogP contribution in [0.3, 0.4) is 0 Å². The number of esters is 1. The Labute approximate surface area is 178 Å². The average molecular weight is 429 g/mol. The summed E-state index contributed by atoms with van der Waals surface area (Å²) in [4.78, 5) is 44.4. The van der Waals surface area contributed by atoms with Gasteiger partial charge in [-0.1, -0.05) is 25.1 Å². The number of aromatic nitrogens is 3. The Bertz CT molecular complexity index is 1120. The van der Waals surface area contributed by atoms with Crippen molar-refractivity contribution in [3.05, 3.63) is 51.9 Å². The number of ether oxygens (including phenoxy) is 1. The van der Waals surface area contributed by atoms with Crippen molar-refractivity contribution in [3.63, 3.8) is 0 Å². The predicted octanol–water partition coefficient (Wildman–Crippen LogP) is 3.35. The van der Waals surface area contributed by atoms with Gasteiger partial charge in [-0.2, -0.15) is 0 Å². The zero-order valence-corrected chi connectivity index (χ0v) is 18.0. The number of hydrogen-bond donors (Lipinski definition) is 2. The maximum absolute atomic E-state index is 12.9. The smallest absolute Gasteiger partial charge is 0.337 e. The number of carbonyl (C=O) groups excluding carboxylic acids is 2. The molecule has 1 aromatic carbocycles. The Balaban J connectivity index is 1.73. The normalized spacial score (nSPS) is 10.9. The third-order valence-electron chi connectivity index (χ3n) is 4.49. The van der Waals surface area contributed by atoms with Crippen LogP contribution >= 0.6 is 11.8 Å². The van der Waals surface area contributed by atoms with Crippen LogP contribution in [0.4, 0.5) is 5.69 Å². The van der Waals surface area contributed by atoms with E-state index in [-0.39, 0.29) is 17.2 Å². The molecule has 0 radical (unpaired) electrons. The minimum absolute atomic E-state index is 0.103. The molecule has 0 spiro atoms. The fourth-order valence-electron chi connectivity index (χ4n) is 2.97. The number of nitrogens with one attached hydrogen (secondary N) is 2. The quantitative estimate of drug-likeness (QED) is 0.324. The molecule has 9 heteroatoms. The van der Waals surface area contributed by atoms with Crippen molar-refractivity contribution in [2.24, 2.45) is 0 Å². The summed E-state index contributed by atoms with van der Waals surface area (Å²) >= 11 is 1.23. The summed E-state index contributed by atoms with van der Waals surface area (Å²) in [5.41, 5.74) is 2.81.